The number of amides is 1. The van der Waals surface area contributed by atoms with Crippen molar-refractivity contribution in [1.82, 2.24) is 10.5 Å². The SMILES string of the molecule is CNCc1cccc(NC(=O)c2c(C)noc2C)c1.Cl. The summed E-state index contributed by atoms with van der Waals surface area (Å²) in [7, 11) is 1.88. The van der Waals surface area contributed by atoms with Crippen molar-refractivity contribution in [3.05, 3.63) is 46.8 Å². The minimum absolute atomic E-state index is 0. The summed E-state index contributed by atoms with van der Waals surface area (Å²) < 4.78 is 5.00. The Labute approximate surface area is 124 Å². The molecule has 6 heteroatoms. The molecule has 0 aliphatic heterocycles. The van der Waals surface area contributed by atoms with E-state index >= 15 is 0 Å². The molecule has 108 valence electrons. The molecule has 0 unspecified atom stereocenters. The second kappa shape index (κ2) is 7.07. The van der Waals surface area contributed by atoms with Gasteiger partial charge in [-0.15, -0.1) is 12.4 Å². The van der Waals surface area contributed by atoms with Crippen molar-refractivity contribution >= 4 is 24.0 Å². The highest BCUT2D eigenvalue weighted by atomic mass is 35.5. The van der Waals surface area contributed by atoms with Crippen molar-refractivity contribution in [2.75, 3.05) is 12.4 Å². The molecule has 0 aliphatic rings. The van der Waals surface area contributed by atoms with Crippen molar-refractivity contribution in [3.63, 3.8) is 0 Å². The van der Waals surface area contributed by atoms with Gasteiger partial charge in [-0.25, -0.2) is 0 Å². The van der Waals surface area contributed by atoms with Gasteiger partial charge in [-0.2, -0.15) is 0 Å². The lowest BCUT2D eigenvalue weighted by molar-refractivity contribution is 0.102. The summed E-state index contributed by atoms with van der Waals surface area (Å²) in [4.78, 5) is 12.2. The number of benzene rings is 1. The van der Waals surface area contributed by atoms with Crippen molar-refractivity contribution in [1.29, 1.82) is 0 Å². The smallest absolute Gasteiger partial charge is 0.261 e. The van der Waals surface area contributed by atoms with Gasteiger partial charge < -0.3 is 15.2 Å². The van der Waals surface area contributed by atoms with Gasteiger partial charge >= 0.3 is 0 Å². The van der Waals surface area contributed by atoms with Crippen LogP contribution in [0.5, 0.6) is 0 Å². The number of anilines is 1. The first-order valence-corrected chi connectivity index (χ1v) is 6.09. The molecule has 0 saturated heterocycles. The Morgan fingerprint density at radius 3 is 2.70 bits per heavy atom. The Kier molecular flexibility index (Phi) is 5.73. The Hall–Kier alpha value is -1.85. The van der Waals surface area contributed by atoms with E-state index in [4.69, 9.17) is 4.52 Å². The van der Waals surface area contributed by atoms with Gasteiger partial charge in [-0.3, -0.25) is 4.79 Å². The number of halogens is 1. The highest BCUT2D eigenvalue weighted by Crippen LogP contribution is 2.16. The summed E-state index contributed by atoms with van der Waals surface area (Å²) in [6, 6.07) is 7.71. The van der Waals surface area contributed by atoms with E-state index < -0.39 is 0 Å². The highest BCUT2D eigenvalue weighted by Gasteiger charge is 2.17. The summed E-state index contributed by atoms with van der Waals surface area (Å²) >= 11 is 0. The highest BCUT2D eigenvalue weighted by molar-refractivity contribution is 6.05. The monoisotopic (exact) mass is 295 g/mol. The normalized spacial score (nSPS) is 9.95. The van der Waals surface area contributed by atoms with Crippen LogP contribution >= 0.6 is 12.4 Å². The van der Waals surface area contributed by atoms with Gasteiger partial charge in [-0.05, 0) is 38.6 Å². The fraction of sp³-hybridized carbons (Fsp3) is 0.286. The zero-order chi connectivity index (χ0) is 13.8. The van der Waals surface area contributed by atoms with Gasteiger partial charge in [0.05, 0.1) is 5.69 Å². The van der Waals surface area contributed by atoms with Crippen molar-refractivity contribution in [3.8, 4) is 0 Å². The van der Waals surface area contributed by atoms with Crippen molar-refractivity contribution in [2.45, 2.75) is 20.4 Å². The predicted octanol–water partition coefficient (Wildman–Crippen LogP) is 2.68. The fourth-order valence-corrected chi connectivity index (χ4v) is 1.96. The van der Waals surface area contributed by atoms with E-state index in [9.17, 15) is 4.79 Å². The minimum atomic E-state index is -0.196. The third-order valence-electron chi connectivity index (χ3n) is 2.83. The number of aromatic nitrogens is 1. The minimum Gasteiger partial charge on any atom is -0.361 e. The van der Waals surface area contributed by atoms with E-state index in [2.05, 4.69) is 15.8 Å². The molecule has 2 rings (SSSR count). The van der Waals surface area contributed by atoms with E-state index in [0.29, 0.717) is 17.0 Å². The molecule has 1 heterocycles. The molecule has 0 saturated carbocycles. The van der Waals surface area contributed by atoms with E-state index in [1.807, 2.05) is 31.3 Å². The first-order valence-electron chi connectivity index (χ1n) is 6.09. The standard InChI is InChI=1S/C14H17N3O2.ClH/c1-9-13(10(2)19-17-9)14(18)16-12-6-4-5-11(7-12)8-15-3;/h4-7,15H,8H2,1-3H3,(H,16,18);1H. The van der Waals surface area contributed by atoms with E-state index in [-0.39, 0.29) is 18.3 Å². The number of nitrogens with one attached hydrogen (secondary N) is 2. The number of carbonyl (C=O) groups is 1. The van der Waals surface area contributed by atoms with Crippen LogP contribution in [-0.2, 0) is 6.54 Å². The molecule has 0 aliphatic carbocycles. The van der Waals surface area contributed by atoms with Crippen molar-refractivity contribution in [2.24, 2.45) is 0 Å². The van der Waals surface area contributed by atoms with Crippen LogP contribution in [0.25, 0.3) is 0 Å². The zero-order valence-electron chi connectivity index (χ0n) is 11.7. The summed E-state index contributed by atoms with van der Waals surface area (Å²) in [5.74, 6) is 0.333. The molecule has 0 spiro atoms. The average molecular weight is 296 g/mol. The lowest BCUT2D eigenvalue weighted by Crippen LogP contribution is -2.14. The summed E-state index contributed by atoms with van der Waals surface area (Å²) in [5.41, 5.74) is 2.97. The molecular formula is C14H18ClN3O2. The molecule has 2 aromatic rings. The summed E-state index contributed by atoms with van der Waals surface area (Å²) in [5, 5.41) is 9.71. The molecule has 0 radical (unpaired) electrons. The zero-order valence-corrected chi connectivity index (χ0v) is 12.5. The topological polar surface area (TPSA) is 67.2 Å². The van der Waals surface area contributed by atoms with Crippen LogP contribution in [0.4, 0.5) is 5.69 Å². The molecule has 0 bridgehead atoms. The van der Waals surface area contributed by atoms with Crippen LogP contribution in [0.15, 0.2) is 28.8 Å². The average Bonchev–Trinajstić information content (AvgIpc) is 2.70. The van der Waals surface area contributed by atoms with Crippen LogP contribution in [0.3, 0.4) is 0 Å². The van der Waals surface area contributed by atoms with Gasteiger partial charge in [0, 0.05) is 12.2 Å². The maximum absolute atomic E-state index is 12.2. The Bertz CT molecular complexity index is 576. The second-order valence-electron chi connectivity index (χ2n) is 4.38. The largest absolute Gasteiger partial charge is 0.361 e. The lowest BCUT2D eigenvalue weighted by atomic mass is 10.1. The molecule has 0 fully saturated rings. The number of rotatable bonds is 4. The van der Waals surface area contributed by atoms with E-state index in [1.54, 1.807) is 13.8 Å². The van der Waals surface area contributed by atoms with E-state index in [0.717, 1.165) is 17.8 Å². The Balaban J connectivity index is 0.00000200. The third-order valence-corrected chi connectivity index (χ3v) is 2.83. The summed E-state index contributed by atoms with van der Waals surface area (Å²) in [6.45, 7) is 4.24. The second-order valence-corrected chi connectivity index (χ2v) is 4.38. The Morgan fingerprint density at radius 2 is 2.10 bits per heavy atom. The van der Waals surface area contributed by atoms with Gasteiger partial charge in [0.2, 0.25) is 0 Å². The number of hydrogen-bond donors (Lipinski definition) is 2. The first kappa shape index (κ1) is 16.2. The Morgan fingerprint density at radius 1 is 1.35 bits per heavy atom. The maximum Gasteiger partial charge on any atom is 0.261 e. The maximum atomic E-state index is 12.2. The quantitative estimate of drug-likeness (QED) is 0.910. The molecule has 2 N–H and O–H groups in total. The predicted molar refractivity (Wildman–Crippen MR) is 80.4 cm³/mol. The van der Waals surface area contributed by atoms with Crippen molar-refractivity contribution < 1.29 is 9.32 Å². The van der Waals surface area contributed by atoms with Crippen LogP contribution in [-0.4, -0.2) is 18.1 Å². The van der Waals surface area contributed by atoms with Crippen LogP contribution in [0.1, 0.15) is 27.4 Å². The van der Waals surface area contributed by atoms with Gasteiger partial charge in [0.15, 0.2) is 0 Å². The number of nitrogens with zero attached hydrogens (tertiary/aromatic N) is 1. The van der Waals surface area contributed by atoms with E-state index in [1.165, 1.54) is 0 Å². The number of aryl methyl sites for hydroxylation is 2. The first-order chi connectivity index (χ1) is 9.11. The molecule has 0 atom stereocenters. The molecule has 1 aromatic heterocycles. The fourth-order valence-electron chi connectivity index (χ4n) is 1.96. The van der Waals surface area contributed by atoms with Gasteiger partial charge in [-0.1, -0.05) is 17.3 Å². The number of hydrogen-bond acceptors (Lipinski definition) is 4. The summed E-state index contributed by atoms with van der Waals surface area (Å²) in [6.07, 6.45) is 0. The van der Waals surface area contributed by atoms with Crippen LogP contribution < -0.4 is 10.6 Å². The third kappa shape index (κ3) is 3.59. The van der Waals surface area contributed by atoms with Crippen LogP contribution in [0, 0.1) is 13.8 Å². The molecule has 20 heavy (non-hydrogen) atoms. The number of carbonyl (C=O) groups excluding carboxylic acids is 1. The molecular weight excluding hydrogens is 278 g/mol. The molecule has 1 amide bonds. The van der Waals surface area contributed by atoms with Gasteiger partial charge in [0.1, 0.15) is 11.3 Å². The van der Waals surface area contributed by atoms with Crippen LogP contribution in [0.2, 0.25) is 0 Å². The molecule has 5 nitrogen and oxygen atoms in total. The lowest BCUT2D eigenvalue weighted by Gasteiger charge is -2.07. The molecule has 1 aromatic carbocycles. The van der Waals surface area contributed by atoms with Gasteiger partial charge in [0.25, 0.3) is 5.91 Å².